The van der Waals surface area contributed by atoms with Gasteiger partial charge in [0, 0.05) is 19.8 Å². The first-order chi connectivity index (χ1) is 13.0. The SMILES string of the molecule is CC(=O)SCC(=O)CCc1ccccc1.O=C(CO)CCc1ccccc1. The third-order valence-corrected chi connectivity index (χ3v) is 4.56. The van der Waals surface area contributed by atoms with Gasteiger partial charge in [-0.2, -0.15) is 0 Å². The van der Waals surface area contributed by atoms with Crippen molar-refractivity contribution in [3.8, 4) is 0 Å². The van der Waals surface area contributed by atoms with E-state index in [2.05, 4.69) is 0 Å². The Labute approximate surface area is 165 Å². The zero-order chi connectivity index (χ0) is 19.9. The third-order valence-electron chi connectivity index (χ3n) is 3.68. The molecule has 0 saturated carbocycles. The molecule has 0 bridgehead atoms. The molecular weight excluding hydrogens is 360 g/mol. The quantitative estimate of drug-likeness (QED) is 0.712. The Morgan fingerprint density at radius 1 is 0.778 bits per heavy atom. The predicted molar refractivity (Wildman–Crippen MR) is 110 cm³/mol. The molecule has 1 N–H and O–H groups in total. The van der Waals surface area contributed by atoms with Gasteiger partial charge in [-0.1, -0.05) is 72.4 Å². The molecule has 0 fully saturated rings. The Morgan fingerprint density at radius 2 is 1.22 bits per heavy atom. The van der Waals surface area contributed by atoms with E-state index in [9.17, 15) is 14.4 Å². The molecule has 27 heavy (non-hydrogen) atoms. The van der Waals surface area contributed by atoms with Gasteiger partial charge in [0.1, 0.15) is 12.4 Å². The topological polar surface area (TPSA) is 71.4 Å². The molecule has 2 aromatic carbocycles. The second kappa shape index (κ2) is 13.9. The number of hydrogen-bond acceptors (Lipinski definition) is 5. The first kappa shape index (κ1) is 22.8. The molecule has 0 saturated heterocycles. The molecule has 2 aromatic rings. The lowest BCUT2D eigenvalue weighted by Gasteiger charge is -1.99. The molecule has 0 unspecified atom stereocenters. The van der Waals surface area contributed by atoms with Gasteiger partial charge in [0.15, 0.2) is 10.9 Å². The van der Waals surface area contributed by atoms with E-state index in [0.29, 0.717) is 18.6 Å². The number of ketones is 2. The smallest absolute Gasteiger partial charge is 0.186 e. The molecule has 4 nitrogen and oxygen atoms in total. The summed E-state index contributed by atoms with van der Waals surface area (Å²) in [5, 5.41) is 8.47. The van der Waals surface area contributed by atoms with Crippen molar-refractivity contribution in [2.45, 2.75) is 32.6 Å². The molecule has 5 heteroatoms. The van der Waals surface area contributed by atoms with Crippen LogP contribution in [0.3, 0.4) is 0 Å². The molecule has 0 aromatic heterocycles. The molecule has 0 aliphatic rings. The van der Waals surface area contributed by atoms with Crippen LogP contribution in [0.1, 0.15) is 30.9 Å². The highest BCUT2D eigenvalue weighted by Crippen LogP contribution is 2.07. The van der Waals surface area contributed by atoms with Crippen molar-refractivity contribution in [3.63, 3.8) is 0 Å². The van der Waals surface area contributed by atoms with Crippen molar-refractivity contribution in [1.29, 1.82) is 0 Å². The van der Waals surface area contributed by atoms with E-state index < -0.39 is 0 Å². The Morgan fingerprint density at radius 3 is 1.63 bits per heavy atom. The Bertz CT molecular complexity index is 699. The maximum absolute atomic E-state index is 11.3. The van der Waals surface area contributed by atoms with Gasteiger partial charge in [0.05, 0.1) is 5.75 Å². The van der Waals surface area contributed by atoms with Gasteiger partial charge < -0.3 is 5.11 Å². The minimum absolute atomic E-state index is 0.00283. The molecule has 144 valence electrons. The fraction of sp³-hybridized carbons (Fsp3) is 0.318. The van der Waals surface area contributed by atoms with Crippen LogP contribution in [-0.4, -0.2) is 34.1 Å². The molecule has 0 amide bonds. The van der Waals surface area contributed by atoms with Crippen LogP contribution < -0.4 is 0 Å². The van der Waals surface area contributed by atoms with Gasteiger partial charge in [-0.15, -0.1) is 0 Å². The summed E-state index contributed by atoms with van der Waals surface area (Å²) in [6, 6.07) is 19.7. The van der Waals surface area contributed by atoms with Crippen molar-refractivity contribution in [3.05, 3.63) is 71.8 Å². The average Bonchev–Trinajstić information content (AvgIpc) is 2.71. The van der Waals surface area contributed by atoms with Crippen molar-refractivity contribution in [1.82, 2.24) is 0 Å². The van der Waals surface area contributed by atoms with Gasteiger partial charge in [-0.05, 0) is 24.0 Å². The number of carbonyl (C=O) groups is 3. The predicted octanol–water partition coefficient (Wildman–Crippen LogP) is 3.65. The largest absolute Gasteiger partial charge is 0.389 e. The lowest BCUT2D eigenvalue weighted by Crippen LogP contribution is -2.04. The van der Waals surface area contributed by atoms with Gasteiger partial charge in [0.2, 0.25) is 0 Å². The fourth-order valence-electron chi connectivity index (χ4n) is 2.19. The third kappa shape index (κ3) is 11.9. The van der Waals surface area contributed by atoms with Gasteiger partial charge >= 0.3 is 0 Å². The molecule has 2 rings (SSSR count). The summed E-state index contributed by atoms with van der Waals surface area (Å²) in [7, 11) is 0. The van der Waals surface area contributed by atoms with Crippen molar-refractivity contribution >= 4 is 28.4 Å². The first-order valence-corrected chi connectivity index (χ1v) is 9.85. The number of thioether (sulfide) groups is 1. The van der Waals surface area contributed by atoms with Crippen LogP contribution in [0.2, 0.25) is 0 Å². The standard InChI is InChI=1S/C12H14O2S.C10H12O2/c1-10(13)15-9-12(14)8-7-11-5-3-2-4-6-11;11-8-10(12)7-6-9-4-2-1-3-5-9/h2-6H,7-9H2,1H3;1-5,11H,6-8H2. The minimum Gasteiger partial charge on any atom is -0.389 e. The van der Waals surface area contributed by atoms with E-state index in [1.54, 1.807) is 0 Å². The summed E-state index contributed by atoms with van der Waals surface area (Å²) in [5.74, 6) is 0.347. The second-order valence-electron chi connectivity index (χ2n) is 5.99. The number of aliphatic hydroxyl groups is 1. The van der Waals surface area contributed by atoms with Crippen molar-refractivity contribution < 1.29 is 19.5 Å². The zero-order valence-corrected chi connectivity index (χ0v) is 16.4. The molecular formula is C22H26O4S. The fourth-order valence-corrected chi connectivity index (χ4v) is 2.70. The molecule has 0 heterocycles. The van der Waals surface area contributed by atoms with Gasteiger partial charge in [-0.25, -0.2) is 0 Å². The Balaban J connectivity index is 0.000000277. The van der Waals surface area contributed by atoms with E-state index in [4.69, 9.17) is 5.11 Å². The van der Waals surface area contributed by atoms with Crippen LogP contribution in [0.4, 0.5) is 0 Å². The lowest BCUT2D eigenvalue weighted by atomic mass is 10.1. The molecule has 0 atom stereocenters. The Kier molecular flexibility index (Phi) is 11.7. The highest BCUT2D eigenvalue weighted by atomic mass is 32.2. The monoisotopic (exact) mass is 386 g/mol. The number of Topliss-reactive ketones (excluding diaryl/α,β-unsaturated/α-hetero) is 2. The summed E-state index contributed by atoms with van der Waals surface area (Å²) in [5.41, 5.74) is 2.30. The van der Waals surface area contributed by atoms with Crippen LogP contribution in [0.15, 0.2) is 60.7 Å². The summed E-state index contributed by atoms with van der Waals surface area (Å²) in [4.78, 5) is 32.7. The molecule has 0 radical (unpaired) electrons. The molecule has 0 spiro atoms. The minimum atomic E-state index is -0.340. The van der Waals surface area contributed by atoms with Gasteiger partial charge in [-0.3, -0.25) is 14.4 Å². The molecule has 0 aliphatic heterocycles. The van der Waals surface area contributed by atoms with Crippen LogP contribution in [-0.2, 0) is 27.2 Å². The van der Waals surface area contributed by atoms with E-state index in [1.807, 2.05) is 60.7 Å². The van der Waals surface area contributed by atoms with Crippen LogP contribution in [0, 0.1) is 0 Å². The lowest BCUT2D eigenvalue weighted by molar-refractivity contribution is -0.121. The maximum Gasteiger partial charge on any atom is 0.186 e. The summed E-state index contributed by atoms with van der Waals surface area (Å²) in [6.45, 7) is 1.14. The number of aliphatic hydroxyl groups excluding tert-OH is 1. The average molecular weight is 387 g/mol. The van der Waals surface area contributed by atoms with Crippen LogP contribution >= 0.6 is 11.8 Å². The Hall–Kier alpha value is -2.24. The number of rotatable bonds is 9. The first-order valence-electron chi connectivity index (χ1n) is 8.86. The zero-order valence-electron chi connectivity index (χ0n) is 15.6. The van der Waals surface area contributed by atoms with E-state index in [1.165, 1.54) is 12.5 Å². The summed E-state index contributed by atoms with van der Waals surface area (Å²) >= 11 is 1.09. The van der Waals surface area contributed by atoms with Crippen molar-refractivity contribution in [2.75, 3.05) is 12.4 Å². The number of benzene rings is 2. The van der Waals surface area contributed by atoms with E-state index >= 15 is 0 Å². The highest BCUT2D eigenvalue weighted by Gasteiger charge is 2.04. The van der Waals surface area contributed by atoms with E-state index in [0.717, 1.165) is 30.2 Å². The van der Waals surface area contributed by atoms with E-state index in [-0.39, 0.29) is 23.3 Å². The van der Waals surface area contributed by atoms with Gasteiger partial charge in [0.25, 0.3) is 0 Å². The highest BCUT2D eigenvalue weighted by molar-refractivity contribution is 8.14. The number of carbonyl (C=O) groups excluding carboxylic acids is 3. The normalized spacial score (nSPS) is 9.85. The number of hydrogen-bond donors (Lipinski definition) is 1. The number of aryl methyl sites for hydroxylation is 2. The summed E-state index contributed by atoms with van der Waals surface area (Å²) in [6.07, 6.45) is 2.43. The second-order valence-corrected chi connectivity index (χ2v) is 7.14. The van der Waals surface area contributed by atoms with Crippen LogP contribution in [0.25, 0.3) is 0 Å². The van der Waals surface area contributed by atoms with Crippen molar-refractivity contribution in [2.24, 2.45) is 0 Å². The molecule has 0 aliphatic carbocycles. The van der Waals surface area contributed by atoms with Crippen LogP contribution in [0.5, 0.6) is 0 Å². The maximum atomic E-state index is 11.3. The summed E-state index contributed by atoms with van der Waals surface area (Å²) < 4.78 is 0.